The lowest BCUT2D eigenvalue weighted by molar-refractivity contribution is -0.135. The van der Waals surface area contributed by atoms with E-state index in [0.717, 1.165) is 38.0 Å². The van der Waals surface area contributed by atoms with Crippen molar-refractivity contribution in [1.29, 1.82) is 0 Å². The Morgan fingerprint density at radius 1 is 1.26 bits per heavy atom. The molecule has 0 spiro atoms. The van der Waals surface area contributed by atoms with E-state index in [0.29, 0.717) is 24.2 Å². The molecule has 0 saturated carbocycles. The fraction of sp³-hybridized carbons (Fsp3) is 0.550. The molecule has 1 fully saturated rings. The van der Waals surface area contributed by atoms with E-state index in [1.807, 2.05) is 49.1 Å². The topological polar surface area (TPSA) is 97.3 Å². The molecule has 1 aliphatic rings. The molecular formula is C20H29N5O2. The van der Waals surface area contributed by atoms with Gasteiger partial charge in [0.05, 0.1) is 6.04 Å². The van der Waals surface area contributed by atoms with Gasteiger partial charge in [-0.25, -0.2) is 0 Å². The number of piperidine rings is 1. The van der Waals surface area contributed by atoms with Gasteiger partial charge in [-0.3, -0.25) is 4.79 Å². The minimum atomic E-state index is -0.319. The van der Waals surface area contributed by atoms with Crippen molar-refractivity contribution in [2.45, 2.75) is 39.2 Å². The zero-order valence-electron chi connectivity index (χ0n) is 16.1. The maximum atomic E-state index is 12.0. The summed E-state index contributed by atoms with van der Waals surface area (Å²) in [4.78, 5) is 14.0. The Balaban J connectivity index is 1.44. The molecule has 1 aliphatic heterocycles. The van der Waals surface area contributed by atoms with E-state index in [1.54, 1.807) is 0 Å². The molecule has 2 aromatic rings. The number of aromatic nitrogens is 2. The van der Waals surface area contributed by atoms with E-state index in [-0.39, 0.29) is 17.9 Å². The third kappa shape index (κ3) is 5.29. The van der Waals surface area contributed by atoms with Gasteiger partial charge in [-0.2, -0.15) is 0 Å². The molecule has 1 aromatic carbocycles. The van der Waals surface area contributed by atoms with Crippen LogP contribution < -0.4 is 11.1 Å². The van der Waals surface area contributed by atoms with E-state index in [1.165, 1.54) is 0 Å². The van der Waals surface area contributed by atoms with Crippen LogP contribution in [0, 0.1) is 11.8 Å². The molecule has 146 valence electrons. The largest absolute Gasteiger partial charge is 0.406 e. The third-order valence-electron chi connectivity index (χ3n) is 5.02. The molecule has 3 N–H and O–H groups in total. The van der Waals surface area contributed by atoms with Crippen LogP contribution in [0.2, 0.25) is 0 Å². The summed E-state index contributed by atoms with van der Waals surface area (Å²) in [6.07, 6.45) is 2.63. The van der Waals surface area contributed by atoms with Gasteiger partial charge in [-0.15, -0.1) is 5.10 Å². The highest BCUT2D eigenvalue weighted by Crippen LogP contribution is 2.21. The van der Waals surface area contributed by atoms with Crippen molar-refractivity contribution in [3.05, 3.63) is 41.8 Å². The molecule has 2 heterocycles. The Labute approximate surface area is 160 Å². The number of anilines is 1. The van der Waals surface area contributed by atoms with Gasteiger partial charge in [0.15, 0.2) is 0 Å². The molecule has 1 amide bonds. The molecule has 7 nitrogen and oxygen atoms in total. The number of nitrogens with one attached hydrogen (secondary N) is 1. The third-order valence-corrected chi connectivity index (χ3v) is 5.02. The van der Waals surface area contributed by atoms with E-state index >= 15 is 0 Å². The zero-order chi connectivity index (χ0) is 19.2. The summed E-state index contributed by atoms with van der Waals surface area (Å²) in [6.45, 7) is 6.30. The van der Waals surface area contributed by atoms with Crippen molar-refractivity contribution < 1.29 is 9.21 Å². The quantitative estimate of drug-likeness (QED) is 0.776. The Kier molecular flexibility index (Phi) is 6.45. The number of benzene rings is 1. The van der Waals surface area contributed by atoms with Crippen LogP contribution in [0.3, 0.4) is 0 Å². The number of amides is 1. The van der Waals surface area contributed by atoms with E-state index < -0.39 is 0 Å². The van der Waals surface area contributed by atoms with Gasteiger partial charge in [0.2, 0.25) is 11.8 Å². The first-order chi connectivity index (χ1) is 13.0. The molecule has 27 heavy (non-hydrogen) atoms. The molecule has 0 radical (unpaired) electrons. The number of hydrogen-bond donors (Lipinski definition) is 2. The van der Waals surface area contributed by atoms with Gasteiger partial charge >= 0.3 is 6.01 Å². The maximum absolute atomic E-state index is 12.0. The number of carbonyl (C=O) groups is 1. The lowest BCUT2D eigenvalue weighted by Crippen LogP contribution is -2.41. The number of nitrogens with two attached hydrogens (primary N) is 1. The van der Waals surface area contributed by atoms with Gasteiger partial charge in [0.1, 0.15) is 0 Å². The standard InChI is InChI=1S/C20H29N5O2/c1-14(2)19(26)25-10-8-16(9-11-25)13-22-20-24-23-18(27-20)17(21)12-15-6-4-3-5-7-15/h3-7,14,16-17H,8-13,21H2,1-2H3,(H,22,24)/t17-/m1/s1. The van der Waals surface area contributed by atoms with E-state index in [2.05, 4.69) is 15.5 Å². The fourth-order valence-electron chi connectivity index (χ4n) is 3.37. The van der Waals surface area contributed by atoms with E-state index in [4.69, 9.17) is 10.2 Å². The Hall–Kier alpha value is -2.41. The summed E-state index contributed by atoms with van der Waals surface area (Å²) in [7, 11) is 0. The molecular weight excluding hydrogens is 342 g/mol. The van der Waals surface area contributed by atoms with Crippen molar-refractivity contribution in [2.24, 2.45) is 17.6 Å². The molecule has 1 atom stereocenters. The molecule has 7 heteroatoms. The maximum Gasteiger partial charge on any atom is 0.315 e. The minimum absolute atomic E-state index is 0.0663. The highest BCUT2D eigenvalue weighted by Gasteiger charge is 2.24. The predicted molar refractivity (Wildman–Crippen MR) is 104 cm³/mol. The lowest BCUT2D eigenvalue weighted by atomic mass is 9.96. The normalized spacial score (nSPS) is 16.5. The number of nitrogens with zero attached hydrogens (tertiary/aromatic N) is 3. The minimum Gasteiger partial charge on any atom is -0.406 e. The summed E-state index contributed by atoms with van der Waals surface area (Å²) in [5.41, 5.74) is 7.33. The van der Waals surface area contributed by atoms with Crippen molar-refractivity contribution >= 4 is 11.9 Å². The van der Waals surface area contributed by atoms with Crippen LogP contribution in [-0.4, -0.2) is 40.6 Å². The summed E-state index contributed by atoms with van der Waals surface area (Å²) < 4.78 is 5.68. The van der Waals surface area contributed by atoms with Crippen molar-refractivity contribution in [3.8, 4) is 0 Å². The second-order valence-corrected chi connectivity index (χ2v) is 7.55. The molecule has 0 bridgehead atoms. The second kappa shape index (κ2) is 8.99. The smallest absolute Gasteiger partial charge is 0.315 e. The number of carbonyl (C=O) groups excluding carboxylic acids is 1. The first kappa shape index (κ1) is 19.4. The van der Waals surface area contributed by atoms with Crippen LogP contribution >= 0.6 is 0 Å². The van der Waals surface area contributed by atoms with Crippen LogP contribution in [0.25, 0.3) is 0 Å². The van der Waals surface area contributed by atoms with Crippen molar-refractivity contribution in [3.63, 3.8) is 0 Å². The van der Waals surface area contributed by atoms with Crippen LogP contribution in [-0.2, 0) is 11.2 Å². The SMILES string of the molecule is CC(C)C(=O)N1CCC(CNc2nnc([C@H](N)Cc3ccccc3)o2)CC1. The van der Waals surface area contributed by atoms with Crippen molar-refractivity contribution in [1.82, 2.24) is 15.1 Å². The van der Waals surface area contributed by atoms with Crippen LogP contribution in [0.4, 0.5) is 6.01 Å². The van der Waals surface area contributed by atoms with Gasteiger partial charge < -0.3 is 20.4 Å². The lowest BCUT2D eigenvalue weighted by Gasteiger charge is -2.33. The highest BCUT2D eigenvalue weighted by atomic mass is 16.4. The summed E-state index contributed by atoms with van der Waals surface area (Å²) in [6, 6.07) is 10.1. The monoisotopic (exact) mass is 371 g/mol. The Bertz CT molecular complexity index is 723. The number of rotatable bonds is 7. The molecule has 0 unspecified atom stereocenters. The van der Waals surface area contributed by atoms with Gasteiger partial charge in [0, 0.05) is 25.6 Å². The molecule has 1 saturated heterocycles. The van der Waals surface area contributed by atoms with Gasteiger partial charge in [-0.05, 0) is 30.7 Å². The highest BCUT2D eigenvalue weighted by molar-refractivity contribution is 5.78. The van der Waals surface area contributed by atoms with Crippen LogP contribution in [0.15, 0.2) is 34.7 Å². The van der Waals surface area contributed by atoms with Crippen LogP contribution in [0.5, 0.6) is 0 Å². The van der Waals surface area contributed by atoms with Gasteiger partial charge in [0.25, 0.3) is 0 Å². The zero-order valence-corrected chi connectivity index (χ0v) is 16.1. The van der Waals surface area contributed by atoms with Crippen LogP contribution in [0.1, 0.15) is 44.2 Å². The average molecular weight is 371 g/mol. The van der Waals surface area contributed by atoms with E-state index in [9.17, 15) is 4.79 Å². The summed E-state index contributed by atoms with van der Waals surface area (Å²) in [5, 5.41) is 11.4. The molecule has 0 aliphatic carbocycles. The number of likely N-dealkylation sites (tertiary alicyclic amines) is 1. The Morgan fingerprint density at radius 3 is 2.63 bits per heavy atom. The first-order valence-electron chi connectivity index (χ1n) is 9.68. The summed E-state index contributed by atoms with van der Waals surface area (Å²) >= 11 is 0. The molecule has 3 rings (SSSR count). The van der Waals surface area contributed by atoms with Crippen molar-refractivity contribution in [2.75, 3.05) is 25.0 Å². The fourth-order valence-corrected chi connectivity index (χ4v) is 3.37. The molecule has 1 aromatic heterocycles. The number of hydrogen-bond acceptors (Lipinski definition) is 6. The Morgan fingerprint density at radius 2 is 1.96 bits per heavy atom. The summed E-state index contributed by atoms with van der Waals surface area (Å²) in [5.74, 6) is 1.25. The van der Waals surface area contributed by atoms with Gasteiger partial charge in [-0.1, -0.05) is 49.3 Å². The second-order valence-electron chi connectivity index (χ2n) is 7.55. The average Bonchev–Trinajstić information content (AvgIpc) is 3.16. The predicted octanol–water partition coefficient (Wildman–Crippen LogP) is 2.62. The first-order valence-corrected chi connectivity index (χ1v) is 9.68.